The number of rotatable bonds is 4. The fraction of sp³-hybridized carbons (Fsp3) is 0.125. The van der Waals surface area contributed by atoms with E-state index in [4.69, 9.17) is 4.74 Å². The van der Waals surface area contributed by atoms with Gasteiger partial charge in [0.15, 0.2) is 0 Å². The fourth-order valence-corrected chi connectivity index (χ4v) is 2.78. The molecule has 3 aromatic rings. The van der Waals surface area contributed by atoms with E-state index in [-0.39, 0.29) is 10.8 Å². The van der Waals surface area contributed by atoms with Gasteiger partial charge in [-0.3, -0.25) is 9.78 Å². The normalized spacial score (nSPS) is 10.6. The molecule has 0 fully saturated rings. The molecule has 0 bridgehead atoms. The molecule has 0 aliphatic carbocycles. The SMILES string of the molecule is Cc1cccnc1Oc1ccc(Cc2sc(=O)[nH]c2O)cc1. The number of thiazole rings is 1. The summed E-state index contributed by atoms with van der Waals surface area (Å²) in [6.07, 6.45) is 2.19. The lowest BCUT2D eigenvalue weighted by atomic mass is 10.1. The second kappa shape index (κ2) is 6.03. The van der Waals surface area contributed by atoms with Gasteiger partial charge in [0.1, 0.15) is 5.75 Å². The lowest BCUT2D eigenvalue weighted by Gasteiger charge is -2.07. The Balaban J connectivity index is 1.74. The zero-order valence-corrected chi connectivity index (χ0v) is 12.7. The number of ether oxygens (including phenoxy) is 1. The van der Waals surface area contributed by atoms with Crippen molar-refractivity contribution in [3.63, 3.8) is 0 Å². The number of hydrogen-bond donors (Lipinski definition) is 2. The van der Waals surface area contributed by atoms with E-state index in [1.54, 1.807) is 6.20 Å². The van der Waals surface area contributed by atoms with Gasteiger partial charge in [-0.05, 0) is 30.7 Å². The van der Waals surface area contributed by atoms with Gasteiger partial charge in [-0.2, -0.15) is 0 Å². The Morgan fingerprint density at radius 1 is 1.27 bits per heavy atom. The second-order valence-electron chi connectivity index (χ2n) is 4.83. The van der Waals surface area contributed by atoms with Crippen molar-refractivity contribution in [2.45, 2.75) is 13.3 Å². The van der Waals surface area contributed by atoms with Crippen molar-refractivity contribution in [2.24, 2.45) is 0 Å². The highest BCUT2D eigenvalue weighted by Crippen LogP contribution is 2.25. The average Bonchev–Trinajstić information content (AvgIpc) is 2.81. The van der Waals surface area contributed by atoms with Crippen molar-refractivity contribution in [2.75, 3.05) is 0 Å². The van der Waals surface area contributed by atoms with Crippen LogP contribution in [-0.2, 0) is 6.42 Å². The van der Waals surface area contributed by atoms with E-state index < -0.39 is 0 Å². The molecule has 0 aliphatic heterocycles. The molecule has 6 heteroatoms. The molecule has 3 rings (SSSR count). The van der Waals surface area contributed by atoms with Crippen molar-refractivity contribution < 1.29 is 9.84 Å². The molecule has 0 saturated carbocycles. The highest BCUT2D eigenvalue weighted by Gasteiger charge is 2.08. The maximum atomic E-state index is 11.2. The number of hydrogen-bond acceptors (Lipinski definition) is 5. The molecule has 2 heterocycles. The molecule has 2 aromatic heterocycles. The van der Waals surface area contributed by atoms with Crippen LogP contribution in [0.3, 0.4) is 0 Å². The molecule has 2 N–H and O–H groups in total. The maximum Gasteiger partial charge on any atom is 0.307 e. The second-order valence-corrected chi connectivity index (χ2v) is 5.90. The Hall–Kier alpha value is -2.60. The molecule has 0 unspecified atom stereocenters. The van der Waals surface area contributed by atoms with E-state index in [9.17, 15) is 9.90 Å². The van der Waals surface area contributed by atoms with Gasteiger partial charge in [0, 0.05) is 18.2 Å². The third-order valence-electron chi connectivity index (χ3n) is 3.16. The topological polar surface area (TPSA) is 75.2 Å². The number of aryl methyl sites for hydroxylation is 1. The van der Waals surface area contributed by atoms with Gasteiger partial charge < -0.3 is 9.84 Å². The standard InChI is InChI=1S/C16H14N2O3S/c1-10-3-2-8-17-15(10)21-12-6-4-11(5-7-12)9-13-14(19)18-16(20)22-13/h2-8,19H,9H2,1H3,(H,18,20). The van der Waals surface area contributed by atoms with Crippen molar-refractivity contribution in [1.29, 1.82) is 0 Å². The number of aromatic hydroxyl groups is 1. The summed E-state index contributed by atoms with van der Waals surface area (Å²) in [5.74, 6) is 1.22. The molecule has 0 spiro atoms. The number of aromatic nitrogens is 2. The number of benzene rings is 1. The van der Waals surface area contributed by atoms with Crippen LogP contribution in [0.1, 0.15) is 16.0 Å². The van der Waals surface area contributed by atoms with Crippen LogP contribution in [0.25, 0.3) is 0 Å². The minimum atomic E-state index is -0.252. The first-order valence-electron chi connectivity index (χ1n) is 6.71. The molecular weight excluding hydrogens is 300 g/mol. The van der Waals surface area contributed by atoms with Crippen molar-refractivity contribution >= 4 is 11.3 Å². The van der Waals surface area contributed by atoms with Gasteiger partial charge in [0.05, 0.1) is 4.88 Å². The molecule has 0 amide bonds. The first-order valence-corrected chi connectivity index (χ1v) is 7.53. The summed E-state index contributed by atoms with van der Waals surface area (Å²) < 4.78 is 5.73. The number of aromatic amines is 1. The van der Waals surface area contributed by atoms with Crippen LogP contribution >= 0.6 is 11.3 Å². The lowest BCUT2D eigenvalue weighted by molar-refractivity contribution is 0.451. The van der Waals surface area contributed by atoms with Gasteiger partial charge in [-0.25, -0.2) is 4.98 Å². The molecule has 22 heavy (non-hydrogen) atoms. The van der Waals surface area contributed by atoms with Crippen LogP contribution in [0.5, 0.6) is 17.5 Å². The summed E-state index contributed by atoms with van der Waals surface area (Å²) in [4.78, 5) is 18.1. The van der Waals surface area contributed by atoms with E-state index in [0.29, 0.717) is 22.9 Å². The van der Waals surface area contributed by atoms with Gasteiger partial charge in [0.25, 0.3) is 0 Å². The van der Waals surface area contributed by atoms with E-state index in [1.807, 2.05) is 43.3 Å². The van der Waals surface area contributed by atoms with Crippen LogP contribution in [0.2, 0.25) is 0 Å². The summed E-state index contributed by atoms with van der Waals surface area (Å²) in [5, 5.41) is 9.59. The summed E-state index contributed by atoms with van der Waals surface area (Å²) >= 11 is 1.02. The van der Waals surface area contributed by atoms with E-state index >= 15 is 0 Å². The predicted octanol–water partition coefficient (Wildman–Crippen LogP) is 3.23. The van der Waals surface area contributed by atoms with E-state index in [0.717, 1.165) is 22.5 Å². The van der Waals surface area contributed by atoms with Crippen molar-refractivity contribution in [1.82, 2.24) is 9.97 Å². The van der Waals surface area contributed by atoms with E-state index in [2.05, 4.69) is 9.97 Å². The molecule has 0 radical (unpaired) electrons. The third-order valence-corrected chi connectivity index (χ3v) is 4.04. The molecule has 0 aliphatic rings. The zero-order chi connectivity index (χ0) is 15.5. The van der Waals surface area contributed by atoms with Gasteiger partial charge in [0.2, 0.25) is 11.8 Å². The number of nitrogens with zero attached hydrogens (tertiary/aromatic N) is 1. The Bertz CT molecular complexity index is 837. The Morgan fingerprint density at radius 2 is 2.05 bits per heavy atom. The largest absolute Gasteiger partial charge is 0.494 e. The Labute approximate surface area is 130 Å². The molecule has 1 aromatic carbocycles. The van der Waals surface area contributed by atoms with Gasteiger partial charge in [-0.15, -0.1) is 0 Å². The molecule has 0 saturated heterocycles. The number of nitrogens with one attached hydrogen (secondary N) is 1. The van der Waals surface area contributed by atoms with E-state index in [1.165, 1.54) is 0 Å². The van der Waals surface area contributed by atoms with Crippen LogP contribution in [0.15, 0.2) is 47.4 Å². The van der Waals surface area contributed by atoms with Crippen molar-refractivity contribution in [3.05, 3.63) is 68.3 Å². The first kappa shape index (κ1) is 14.3. The van der Waals surface area contributed by atoms with Crippen LogP contribution in [0.4, 0.5) is 0 Å². The Kier molecular flexibility index (Phi) is 3.93. The predicted molar refractivity (Wildman–Crippen MR) is 84.9 cm³/mol. The minimum absolute atomic E-state index is 0.0561. The quantitative estimate of drug-likeness (QED) is 0.775. The molecular formula is C16H14N2O3S. The third kappa shape index (κ3) is 3.17. The summed E-state index contributed by atoms with van der Waals surface area (Å²) in [6.45, 7) is 1.94. The molecule has 112 valence electrons. The molecule has 0 atom stereocenters. The average molecular weight is 314 g/mol. The summed E-state index contributed by atoms with van der Waals surface area (Å²) in [6, 6.07) is 11.3. The highest BCUT2D eigenvalue weighted by molar-refractivity contribution is 7.09. The van der Waals surface area contributed by atoms with Gasteiger partial charge >= 0.3 is 4.87 Å². The fourth-order valence-electron chi connectivity index (χ4n) is 2.02. The van der Waals surface area contributed by atoms with Crippen LogP contribution < -0.4 is 9.61 Å². The maximum absolute atomic E-state index is 11.2. The number of pyridine rings is 1. The molecule has 5 nitrogen and oxygen atoms in total. The number of H-pyrrole nitrogens is 1. The van der Waals surface area contributed by atoms with Gasteiger partial charge in [-0.1, -0.05) is 29.5 Å². The van der Waals surface area contributed by atoms with Crippen LogP contribution in [0, 0.1) is 6.92 Å². The van der Waals surface area contributed by atoms with Crippen molar-refractivity contribution in [3.8, 4) is 17.5 Å². The highest BCUT2D eigenvalue weighted by atomic mass is 32.1. The smallest absolute Gasteiger partial charge is 0.307 e. The lowest BCUT2D eigenvalue weighted by Crippen LogP contribution is -1.91. The zero-order valence-electron chi connectivity index (χ0n) is 11.9. The minimum Gasteiger partial charge on any atom is -0.494 e. The Morgan fingerprint density at radius 3 is 2.68 bits per heavy atom. The monoisotopic (exact) mass is 314 g/mol. The first-order chi connectivity index (χ1) is 10.6. The summed E-state index contributed by atoms with van der Waals surface area (Å²) in [7, 11) is 0. The van der Waals surface area contributed by atoms with Crippen LogP contribution in [-0.4, -0.2) is 15.1 Å². The summed E-state index contributed by atoms with van der Waals surface area (Å²) in [5.41, 5.74) is 1.95.